The molecule has 7 nitrogen and oxygen atoms in total. The van der Waals surface area contributed by atoms with Gasteiger partial charge >= 0.3 is 11.7 Å². The molecule has 0 saturated heterocycles. The van der Waals surface area contributed by atoms with Crippen LogP contribution in [0.3, 0.4) is 0 Å². The number of pyridine rings is 1. The normalized spacial score (nSPS) is 10.2. The molecule has 0 unspecified atom stereocenters. The van der Waals surface area contributed by atoms with E-state index in [1.807, 2.05) is 0 Å². The summed E-state index contributed by atoms with van der Waals surface area (Å²) in [4.78, 5) is 25.4. The van der Waals surface area contributed by atoms with Crippen LogP contribution in [0, 0.1) is 24.0 Å². The first kappa shape index (κ1) is 14.4. The first-order chi connectivity index (χ1) is 9.88. The lowest BCUT2D eigenvalue weighted by molar-refractivity contribution is -0.385. The highest BCUT2D eigenvalue weighted by molar-refractivity contribution is 5.88. The van der Waals surface area contributed by atoms with Crippen LogP contribution >= 0.6 is 0 Å². The van der Waals surface area contributed by atoms with Crippen molar-refractivity contribution in [1.29, 1.82) is 0 Å². The van der Waals surface area contributed by atoms with Gasteiger partial charge in [-0.25, -0.2) is 9.78 Å². The Morgan fingerprint density at radius 1 is 1.29 bits per heavy atom. The molecule has 0 fully saturated rings. The average molecular weight is 288 g/mol. The van der Waals surface area contributed by atoms with E-state index in [1.165, 1.54) is 31.2 Å². The molecule has 1 N–H and O–H groups in total. The molecule has 2 aromatic rings. The molecule has 7 heteroatoms. The molecular weight excluding hydrogens is 276 g/mol. The standard InChI is InChI=1S/C14H12N2O5/c1-8-3-5-12(11(7-8)16(19)20)21-13-6-4-10(14(17)18)9(2)15-13/h3-7H,1-2H3,(H,17,18). The van der Waals surface area contributed by atoms with Gasteiger partial charge in [-0.15, -0.1) is 0 Å². The summed E-state index contributed by atoms with van der Waals surface area (Å²) in [6, 6.07) is 7.27. The Morgan fingerprint density at radius 2 is 2.00 bits per heavy atom. The Balaban J connectivity index is 2.37. The topological polar surface area (TPSA) is 103 Å². The second-order valence-corrected chi connectivity index (χ2v) is 4.42. The van der Waals surface area contributed by atoms with Gasteiger partial charge < -0.3 is 9.84 Å². The maximum atomic E-state index is 11.0. The van der Waals surface area contributed by atoms with Gasteiger partial charge in [0.05, 0.1) is 16.2 Å². The summed E-state index contributed by atoms with van der Waals surface area (Å²) in [5.41, 5.74) is 0.895. The Hall–Kier alpha value is -2.96. The minimum absolute atomic E-state index is 0.0561. The van der Waals surface area contributed by atoms with Crippen LogP contribution in [0.5, 0.6) is 11.6 Å². The van der Waals surface area contributed by atoms with Gasteiger partial charge in [-0.05, 0) is 31.5 Å². The first-order valence-electron chi connectivity index (χ1n) is 6.02. The Bertz CT molecular complexity index is 727. The molecule has 0 aliphatic carbocycles. The zero-order chi connectivity index (χ0) is 15.6. The van der Waals surface area contributed by atoms with E-state index in [9.17, 15) is 14.9 Å². The van der Waals surface area contributed by atoms with E-state index in [2.05, 4.69) is 4.98 Å². The first-order valence-corrected chi connectivity index (χ1v) is 6.02. The zero-order valence-corrected chi connectivity index (χ0v) is 11.4. The largest absolute Gasteiger partial charge is 0.478 e. The van der Waals surface area contributed by atoms with Crippen LogP contribution in [0.25, 0.3) is 0 Å². The van der Waals surface area contributed by atoms with Gasteiger partial charge in [-0.3, -0.25) is 10.1 Å². The van der Waals surface area contributed by atoms with Crippen LogP contribution < -0.4 is 4.74 Å². The molecule has 0 amide bonds. The van der Waals surface area contributed by atoms with E-state index in [1.54, 1.807) is 13.0 Å². The van der Waals surface area contributed by atoms with E-state index in [-0.39, 0.29) is 28.6 Å². The SMILES string of the molecule is Cc1ccc(Oc2ccc(C(=O)O)c(C)n2)c([N+](=O)[O-])c1. The molecule has 0 aliphatic heterocycles. The third kappa shape index (κ3) is 3.14. The number of nitro benzene ring substituents is 1. The highest BCUT2D eigenvalue weighted by Gasteiger charge is 2.17. The number of nitrogens with zero attached hydrogens (tertiary/aromatic N) is 2. The number of carbonyl (C=O) groups is 1. The quantitative estimate of drug-likeness (QED) is 0.685. The fraction of sp³-hybridized carbons (Fsp3) is 0.143. The zero-order valence-electron chi connectivity index (χ0n) is 11.4. The maximum absolute atomic E-state index is 11.0. The minimum atomic E-state index is -1.09. The van der Waals surface area contributed by atoms with Crippen molar-refractivity contribution in [3.63, 3.8) is 0 Å². The molecule has 108 valence electrons. The highest BCUT2D eigenvalue weighted by Crippen LogP contribution is 2.31. The molecule has 1 aromatic heterocycles. The Labute approximate surface area is 120 Å². The van der Waals surface area contributed by atoms with Crippen LogP contribution in [0.15, 0.2) is 30.3 Å². The second-order valence-electron chi connectivity index (χ2n) is 4.42. The number of benzene rings is 1. The van der Waals surface area contributed by atoms with Gasteiger partial charge in [0, 0.05) is 12.1 Å². The lowest BCUT2D eigenvalue weighted by Crippen LogP contribution is -2.02. The van der Waals surface area contributed by atoms with Crippen molar-refractivity contribution < 1.29 is 19.6 Å². The van der Waals surface area contributed by atoms with Gasteiger partial charge in [0.15, 0.2) is 0 Å². The highest BCUT2D eigenvalue weighted by atomic mass is 16.6. The predicted molar refractivity (Wildman–Crippen MR) is 73.8 cm³/mol. The van der Waals surface area contributed by atoms with Gasteiger partial charge in [-0.2, -0.15) is 0 Å². The summed E-state index contributed by atoms with van der Waals surface area (Å²) >= 11 is 0. The van der Waals surface area contributed by atoms with Crippen LogP contribution in [0.1, 0.15) is 21.6 Å². The summed E-state index contributed by atoms with van der Waals surface area (Å²) in [6.07, 6.45) is 0. The molecule has 0 saturated carbocycles. The van der Waals surface area contributed by atoms with Gasteiger partial charge in [0.1, 0.15) is 0 Å². The van der Waals surface area contributed by atoms with Crippen molar-refractivity contribution in [2.45, 2.75) is 13.8 Å². The Morgan fingerprint density at radius 3 is 2.57 bits per heavy atom. The number of aryl methyl sites for hydroxylation is 2. The fourth-order valence-corrected chi connectivity index (χ4v) is 1.79. The van der Waals surface area contributed by atoms with Crippen molar-refractivity contribution in [2.24, 2.45) is 0 Å². The summed E-state index contributed by atoms with van der Waals surface area (Å²) in [5, 5.41) is 19.9. The smallest absolute Gasteiger partial charge is 0.337 e. The number of rotatable bonds is 4. The molecule has 1 heterocycles. The molecule has 1 aromatic carbocycles. The molecule has 0 aliphatic rings. The summed E-state index contributed by atoms with van der Waals surface area (Å²) in [6.45, 7) is 3.26. The molecule has 2 rings (SSSR count). The fourth-order valence-electron chi connectivity index (χ4n) is 1.79. The summed E-state index contributed by atoms with van der Waals surface area (Å²) in [5.74, 6) is -0.933. The van der Waals surface area contributed by atoms with E-state index in [4.69, 9.17) is 9.84 Å². The number of aromatic nitrogens is 1. The summed E-state index contributed by atoms with van der Waals surface area (Å²) < 4.78 is 5.40. The molecule has 0 spiro atoms. The molecule has 21 heavy (non-hydrogen) atoms. The number of nitro groups is 1. The van der Waals surface area contributed by atoms with Crippen molar-refractivity contribution in [3.05, 3.63) is 57.3 Å². The number of ether oxygens (including phenoxy) is 1. The lowest BCUT2D eigenvalue weighted by atomic mass is 10.2. The van der Waals surface area contributed by atoms with Gasteiger partial charge in [0.2, 0.25) is 11.6 Å². The van der Waals surface area contributed by atoms with E-state index >= 15 is 0 Å². The third-order valence-electron chi connectivity index (χ3n) is 2.82. The lowest BCUT2D eigenvalue weighted by Gasteiger charge is -2.07. The Kier molecular flexibility index (Phi) is 3.84. The molecule has 0 bridgehead atoms. The van der Waals surface area contributed by atoms with E-state index in [0.29, 0.717) is 0 Å². The van der Waals surface area contributed by atoms with Crippen molar-refractivity contribution in [2.75, 3.05) is 0 Å². The van der Waals surface area contributed by atoms with Crippen LogP contribution in [0.2, 0.25) is 0 Å². The van der Waals surface area contributed by atoms with Crippen molar-refractivity contribution in [3.8, 4) is 11.6 Å². The van der Waals surface area contributed by atoms with Crippen molar-refractivity contribution >= 4 is 11.7 Å². The third-order valence-corrected chi connectivity index (χ3v) is 2.82. The summed E-state index contributed by atoms with van der Waals surface area (Å²) in [7, 11) is 0. The van der Waals surface area contributed by atoms with Crippen LogP contribution in [-0.2, 0) is 0 Å². The van der Waals surface area contributed by atoms with Gasteiger partial charge in [-0.1, -0.05) is 6.07 Å². The van der Waals surface area contributed by atoms with E-state index in [0.717, 1.165) is 5.56 Å². The van der Waals surface area contributed by atoms with Crippen molar-refractivity contribution in [1.82, 2.24) is 4.98 Å². The van der Waals surface area contributed by atoms with Crippen LogP contribution in [0.4, 0.5) is 5.69 Å². The molecule has 0 radical (unpaired) electrons. The number of carboxylic acids is 1. The monoisotopic (exact) mass is 288 g/mol. The number of hydrogen-bond acceptors (Lipinski definition) is 5. The average Bonchev–Trinajstić information content (AvgIpc) is 2.40. The van der Waals surface area contributed by atoms with Gasteiger partial charge in [0.25, 0.3) is 0 Å². The second kappa shape index (κ2) is 5.58. The van der Waals surface area contributed by atoms with Crippen LogP contribution in [-0.4, -0.2) is 21.0 Å². The number of aromatic carboxylic acids is 1. The predicted octanol–water partition coefficient (Wildman–Crippen LogP) is 3.10. The van der Waals surface area contributed by atoms with E-state index < -0.39 is 10.9 Å². The maximum Gasteiger partial charge on any atom is 0.337 e. The minimum Gasteiger partial charge on any atom is -0.478 e. The number of hydrogen-bond donors (Lipinski definition) is 1. The number of carboxylic acid groups (broad SMARTS) is 1. The molecular formula is C14H12N2O5. The molecule has 0 atom stereocenters.